The predicted octanol–water partition coefficient (Wildman–Crippen LogP) is 7.53. The minimum Gasteiger partial charge on any atom is -0.406 e. The van der Waals surface area contributed by atoms with E-state index in [1.54, 1.807) is 12.3 Å². The summed E-state index contributed by atoms with van der Waals surface area (Å²) in [5.41, 5.74) is 3.16. The molecule has 0 atom stereocenters. The van der Waals surface area contributed by atoms with E-state index in [2.05, 4.69) is 27.7 Å². The minimum atomic E-state index is -4.72. The molecular weight excluding hydrogens is 469 g/mol. The number of Topliss-reactive ketones (excluding diaryl/α,β-unsaturated/α-hetero) is 1. The molecule has 0 fully saturated rings. The molecule has 0 aliphatic carbocycles. The number of ether oxygens (including phenoxy) is 1. The molecule has 9 heteroatoms. The van der Waals surface area contributed by atoms with Crippen molar-refractivity contribution in [2.24, 2.45) is 0 Å². The maximum absolute atomic E-state index is 12.2. The third-order valence-corrected chi connectivity index (χ3v) is 4.70. The second-order valence-electron chi connectivity index (χ2n) is 7.12. The summed E-state index contributed by atoms with van der Waals surface area (Å²) >= 11 is 5.26. The van der Waals surface area contributed by atoms with Gasteiger partial charge >= 0.3 is 6.36 Å². The lowest BCUT2D eigenvalue weighted by Crippen LogP contribution is -2.17. The van der Waals surface area contributed by atoms with Gasteiger partial charge in [0.25, 0.3) is 0 Å². The number of hydrogen-bond donors (Lipinski definition) is 2. The Labute approximate surface area is 203 Å². The first kappa shape index (κ1) is 29.2. The Bertz CT molecular complexity index is 974. The molecule has 5 nitrogen and oxygen atoms in total. The third kappa shape index (κ3) is 9.97. The average Bonchev–Trinajstić information content (AvgIpc) is 2.78. The van der Waals surface area contributed by atoms with E-state index >= 15 is 0 Å². The largest absolute Gasteiger partial charge is 0.573 e. The number of anilines is 2. The summed E-state index contributed by atoms with van der Waals surface area (Å²) in [5, 5.41) is 12.9. The van der Waals surface area contributed by atoms with E-state index in [-0.39, 0.29) is 23.2 Å². The average molecular weight is 499 g/mol. The second-order valence-corrected chi connectivity index (χ2v) is 7.57. The van der Waals surface area contributed by atoms with Gasteiger partial charge in [-0.05, 0) is 60.7 Å². The molecule has 1 heterocycles. The number of benzene rings is 1. The Hall–Kier alpha value is -2.84. The number of nitrogens with one attached hydrogen (secondary N) is 1. The molecular formula is C25H30ClF3N2O3. The Balaban J connectivity index is 0.000000620. The van der Waals surface area contributed by atoms with E-state index in [0.717, 1.165) is 36.0 Å². The van der Waals surface area contributed by atoms with E-state index in [1.165, 1.54) is 24.3 Å². The molecule has 0 bridgehead atoms. The molecule has 0 aliphatic rings. The number of aliphatic hydroxyl groups is 1. The molecule has 0 radical (unpaired) electrons. The number of carbonyl (C=O) groups is 1. The van der Waals surface area contributed by atoms with Crippen LogP contribution in [-0.2, 0) is 11.4 Å². The fraction of sp³-hybridized carbons (Fsp3) is 0.360. The highest BCUT2D eigenvalue weighted by Crippen LogP contribution is 2.31. The number of pyridine rings is 1. The van der Waals surface area contributed by atoms with Gasteiger partial charge in [-0.3, -0.25) is 4.79 Å². The van der Waals surface area contributed by atoms with Gasteiger partial charge in [0.1, 0.15) is 11.6 Å². The van der Waals surface area contributed by atoms with E-state index in [0.29, 0.717) is 17.9 Å². The van der Waals surface area contributed by atoms with Gasteiger partial charge in [-0.25, -0.2) is 4.98 Å². The van der Waals surface area contributed by atoms with Crippen molar-refractivity contribution in [3.8, 4) is 5.75 Å². The van der Waals surface area contributed by atoms with Gasteiger partial charge in [0.15, 0.2) is 5.78 Å². The molecule has 0 saturated heterocycles. The molecule has 1 aromatic carbocycles. The lowest BCUT2D eigenvalue weighted by Gasteiger charge is -2.17. The molecule has 2 N–H and O–H groups in total. The van der Waals surface area contributed by atoms with Crippen LogP contribution in [0, 0.1) is 0 Å². The quantitative estimate of drug-likeness (QED) is 0.331. The summed E-state index contributed by atoms with van der Waals surface area (Å²) in [6.45, 7) is 9.13. The maximum atomic E-state index is 12.2. The molecule has 2 aromatic rings. The molecule has 0 aliphatic heterocycles. The van der Waals surface area contributed by atoms with Gasteiger partial charge in [-0.15, -0.1) is 13.2 Å². The molecule has 0 unspecified atom stereocenters. The van der Waals surface area contributed by atoms with Crippen molar-refractivity contribution in [3.63, 3.8) is 0 Å². The van der Waals surface area contributed by atoms with Crippen molar-refractivity contribution < 1.29 is 27.8 Å². The molecule has 186 valence electrons. The van der Waals surface area contributed by atoms with Gasteiger partial charge in [-0.1, -0.05) is 45.0 Å². The third-order valence-electron chi connectivity index (χ3n) is 4.49. The highest BCUT2D eigenvalue weighted by molar-refractivity contribution is 6.42. The van der Waals surface area contributed by atoms with E-state index in [4.69, 9.17) is 11.6 Å². The predicted molar refractivity (Wildman–Crippen MR) is 130 cm³/mol. The molecule has 34 heavy (non-hydrogen) atoms. The Morgan fingerprint density at radius 3 is 2.29 bits per heavy atom. The van der Waals surface area contributed by atoms with Gasteiger partial charge < -0.3 is 15.2 Å². The van der Waals surface area contributed by atoms with Gasteiger partial charge in [0, 0.05) is 23.9 Å². The van der Waals surface area contributed by atoms with Crippen LogP contribution in [0.3, 0.4) is 0 Å². The van der Waals surface area contributed by atoms with Crippen molar-refractivity contribution in [1.29, 1.82) is 0 Å². The molecule has 2 rings (SSSR count). The number of allylic oxidation sites excluding steroid dienone is 3. The number of alkyl halides is 3. The van der Waals surface area contributed by atoms with Gasteiger partial charge in [0.05, 0.1) is 11.6 Å². The van der Waals surface area contributed by atoms with E-state index in [9.17, 15) is 23.1 Å². The Morgan fingerprint density at radius 1 is 1.21 bits per heavy atom. The first-order chi connectivity index (χ1) is 16.1. The van der Waals surface area contributed by atoms with E-state index in [1.807, 2.05) is 20.8 Å². The zero-order valence-electron chi connectivity index (χ0n) is 19.5. The minimum absolute atomic E-state index is 0.0471. The lowest BCUT2D eigenvalue weighted by molar-refractivity contribution is -0.274. The van der Waals surface area contributed by atoms with Crippen molar-refractivity contribution >= 4 is 34.5 Å². The van der Waals surface area contributed by atoms with E-state index < -0.39 is 6.36 Å². The van der Waals surface area contributed by atoms with Crippen molar-refractivity contribution in [1.82, 2.24) is 4.98 Å². The SMILES string of the molecule is C=C(Cl)C(=O)CCC.CC/C=C(\CC)c1c(CO)ccnc1Nc1ccc(OC(F)(F)F)cc1. The van der Waals surface area contributed by atoms with Crippen LogP contribution in [0.1, 0.15) is 57.6 Å². The van der Waals surface area contributed by atoms with Crippen LogP contribution < -0.4 is 10.1 Å². The van der Waals surface area contributed by atoms with Crippen LogP contribution in [0.5, 0.6) is 5.75 Å². The molecule has 0 saturated carbocycles. The fourth-order valence-corrected chi connectivity index (χ4v) is 3.09. The molecule has 1 aromatic heterocycles. The van der Waals surface area contributed by atoms with Crippen molar-refractivity contribution in [3.05, 3.63) is 65.3 Å². The second kappa shape index (κ2) is 14.4. The molecule has 0 amide bonds. The number of carbonyl (C=O) groups excluding carboxylic acids is 1. The maximum Gasteiger partial charge on any atom is 0.573 e. The Kier molecular flexibility index (Phi) is 12.4. The summed E-state index contributed by atoms with van der Waals surface area (Å²) in [6.07, 6.45) is 1.89. The van der Waals surface area contributed by atoms with Crippen LogP contribution in [-0.4, -0.2) is 22.2 Å². The summed E-state index contributed by atoms with van der Waals surface area (Å²) in [4.78, 5) is 14.9. The smallest absolute Gasteiger partial charge is 0.406 e. The number of rotatable bonds is 10. The first-order valence-corrected chi connectivity index (χ1v) is 11.2. The van der Waals surface area contributed by atoms with Crippen LogP contribution in [0.4, 0.5) is 24.7 Å². The highest BCUT2D eigenvalue weighted by Gasteiger charge is 2.31. The number of aromatic nitrogens is 1. The van der Waals surface area contributed by atoms with Gasteiger partial charge in [0.2, 0.25) is 0 Å². The summed E-state index contributed by atoms with van der Waals surface area (Å²) in [5.74, 6) is 0.206. The first-order valence-electron chi connectivity index (χ1n) is 10.8. The van der Waals surface area contributed by atoms with Crippen LogP contribution in [0.2, 0.25) is 0 Å². The van der Waals surface area contributed by atoms with Crippen molar-refractivity contribution in [2.75, 3.05) is 5.32 Å². The topological polar surface area (TPSA) is 71.5 Å². The highest BCUT2D eigenvalue weighted by atomic mass is 35.5. The summed E-state index contributed by atoms with van der Waals surface area (Å²) in [7, 11) is 0. The standard InChI is InChI=1S/C19H21F3N2O2.C6H9ClO/c1-3-5-13(4-2)17-14(12-25)10-11-23-18(17)24-15-6-8-16(9-7-15)26-19(20,21)22;1-3-4-6(8)5(2)7/h5-11,25H,3-4,12H2,1-2H3,(H,23,24);2-4H2,1H3/b13-5+;. The lowest BCUT2D eigenvalue weighted by atomic mass is 9.98. The summed E-state index contributed by atoms with van der Waals surface area (Å²) < 4.78 is 40.6. The summed E-state index contributed by atoms with van der Waals surface area (Å²) in [6, 6.07) is 7.17. The number of nitrogens with zero attached hydrogens (tertiary/aromatic N) is 1. The van der Waals surface area contributed by atoms with Crippen LogP contribution in [0.25, 0.3) is 5.57 Å². The monoisotopic (exact) mass is 498 g/mol. The fourth-order valence-electron chi connectivity index (χ4n) is 3.00. The van der Waals surface area contributed by atoms with Crippen LogP contribution in [0.15, 0.2) is 54.2 Å². The Morgan fingerprint density at radius 2 is 1.85 bits per heavy atom. The van der Waals surface area contributed by atoms with Crippen LogP contribution >= 0.6 is 11.6 Å². The number of halogens is 4. The zero-order chi connectivity index (χ0) is 25.7. The normalized spacial score (nSPS) is 11.4. The number of hydrogen-bond acceptors (Lipinski definition) is 5. The number of ketones is 1. The van der Waals surface area contributed by atoms with Gasteiger partial charge in [-0.2, -0.15) is 0 Å². The molecule has 0 spiro atoms. The zero-order valence-corrected chi connectivity index (χ0v) is 20.3. The van der Waals surface area contributed by atoms with Crippen molar-refractivity contribution in [2.45, 2.75) is 59.4 Å². The number of aliphatic hydroxyl groups excluding tert-OH is 1.